The largest absolute Gasteiger partial charge is 0.312 e. The van der Waals surface area contributed by atoms with Crippen LogP contribution in [0.3, 0.4) is 0 Å². The standard InChI is InChI=1S/C18H18F2N2O/c19-15-3-1-4-16(20)14(15)11-21-8-12-7-13(10-21)17-5-2-6-18(23)22(17)9-12/h1-6,12-13H,7-11H2/t12-,13+/m1/s1. The SMILES string of the molecule is O=c1cccc2n1C[C@@H]1C[C@H]2CN(Cc2c(F)cccc2F)C1. The summed E-state index contributed by atoms with van der Waals surface area (Å²) in [4.78, 5) is 14.1. The fraction of sp³-hybridized carbons (Fsp3) is 0.389. The Hall–Kier alpha value is -2.01. The van der Waals surface area contributed by atoms with Crippen molar-refractivity contribution in [2.75, 3.05) is 13.1 Å². The fourth-order valence-corrected chi connectivity index (χ4v) is 4.03. The molecule has 0 N–H and O–H groups in total. The molecule has 2 aliphatic heterocycles. The predicted octanol–water partition coefficient (Wildman–Crippen LogP) is 2.75. The molecule has 23 heavy (non-hydrogen) atoms. The molecule has 0 amide bonds. The van der Waals surface area contributed by atoms with Gasteiger partial charge in [-0.25, -0.2) is 8.78 Å². The highest BCUT2D eigenvalue weighted by atomic mass is 19.1. The van der Waals surface area contributed by atoms with Crippen LogP contribution in [0.2, 0.25) is 0 Å². The van der Waals surface area contributed by atoms with E-state index in [4.69, 9.17) is 0 Å². The van der Waals surface area contributed by atoms with E-state index in [-0.39, 0.29) is 23.6 Å². The lowest BCUT2D eigenvalue weighted by Gasteiger charge is -2.42. The summed E-state index contributed by atoms with van der Waals surface area (Å²) in [7, 11) is 0. The van der Waals surface area contributed by atoms with Crippen LogP contribution in [0.4, 0.5) is 8.78 Å². The van der Waals surface area contributed by atoms with Crippen LogP contribution in [0.5, 0.6) is 0 Å². The molecule has 1 saturated heterocycles. The summed E-state index contributed by atoms with van der Waals surface area (Å²) in [6.07, 6.45) is 1.04. The third-order valence-electron chi connectivity index (χ3n) is 5.00. The highest BCUT2D eigenvalue weighted by Gasteiger charge is 2.34. The van der Waals surface area contributed by atoms with E-state index in [0.717, 1.165) is 25.2 Å². The Kier molecular flexibility index (Phi) is 3.53. The molecule has 3 heterocycles. The van der Waals surface area contributed by atoms with Gasteiger partial charge in [0.1, 0.15) is 11.6 Å². The van der Waals surface area contributed by atoms with Gasteiger partial charge in [0.2, 0.25) is 0 Å². The van der Waals surface area contributed by atoms with E-state index in [0.29, 0.717) is 12.5 Å². The predicted molar refractivity (Wildman–Crippen MR) is 83.2 cm³/mol. The van der Waals surface area contributed by atoms with Crippen molar-refractivity contribution in [1.29, 1.82) is 0 Å². The molecule has 0 aliphatic carbocycles. The van der Waals surface area contributed by atoms with Crippen molar-refractivity contribution in [3.63, 3.8) is 0 Å². The normalized spacial score (nSPS) is 23.6. The first-order chi connectivity index (χ1) is 11.1. The van der Waals surface area contributed by atoms with E-state index in [1.54, 1.807) is 12.1 Å². The molecule has 1 fully saturated rings. The number of piperidine rings is 1. The molecule has 0 saturated carbocycles. The number of halogens is 2. The molecule has 120 valence electrons. The zero-order chi connectivity index (χ0) is 16.0. The van der Waals surface area contributed by atoms with Crippen LogP contribution < -0.4 is 5.56 Å². The van der Waals surface area contributed by atoms with Crippen molar-refractivity contribution in [3.8, 4) is 0 Å². The van der Waals surface area contributed by atoms with E-state index in [1.807, 2.05) is 10.6 Å². The average Bonchev–Trinajstić information content (AvgIpc) is 2.52. The van der Waals surface area contributed by atoms with Crippen LogP contribution in [-0.4, -0.2) is 22.6 Å². The van der Waals surface area contributed by atoms with Crippen LogP contribution >= 0.6 is 0 Å². The summed E-state index contributed by atoms with van der Waals surface area (Å²) in [6.45, 7) is 2.48. The minimum Gasteiger partial charge on any atom is -0.312 e. The van der Waals surface area contributed by atoms with Gasteiger partial charge in [0.15, 0.2) is 0 Å². The number of rotatable bonds is 2. The lowest BCUT2D eigenvalue weighted by atomic mass is 9.83. The van der Waals surface area contributed by atoms with Gasteiger partial charge in [-0.05, 0) is 30.5 Å². The van der Waals surface area contributed by atoms with Gasteiger partial charge in [-0.15, -0.1) is 0 Å². The van der Waals surface area contributed by atoms with Crippen molar-refractivity contribution in [3.05, 3.63) is 69.6 Å². The Morgan fingerprint density at radius 3 is 2.52 bits per heavy atom. The average molecular weight is 316 g/mol. The second-order valence-corrected chi connectivity index (χ2v) is 6.59. The molecule has 1 aromatic heterocycles. The highest BCUT2D eigenvalue weighted by Crippen LogP contribution is 2.35. The zero-order valence-electron chi connectivity index (χ0n) is 12.7. The van der Waals surface area contributed by atoms with E-state index in [1.165, 1.54) is 18.2 Å². The highest BCUT2D eigenvalue weighted by molar-refractivity contribution is 5.21. The quantitative estimate of drug-likeness (QED) is 0.851. The number of benzene rings is 1. The summed E-state index contributed by atoms with van der Waals surface area (Å²) in [5.41, 5.74) is 1.23. The molecule has 2 atom stereocenters. The Bertz CT molecular complexity index is 782. The number of fused-ring (bicyclic) bond motifs is 4. The smallest absolute Gasteiger partial charge is 0.250 e. The molecule has 2 bridgehead atoms. The summed E-state index contributed by atoms with van der Waals surface area (Å²) in [5, 5.41) is 0. The van der Waals surface area contributed by atoms with Crippen molar-refractivity contribution in [1.82, 2.24) is 9.47 Å². The van der Waals surface area contributed by atoms with Crippen molar-refractivity contribution in [2.45, 2.75) is 25.4 Å². The Morgan fingerprint density at radius 2 is 1.74 bits per heavy atom. The number of aromatic nitrogens is 1. The Labute approximate surface area is 133 Å². The zero-order valence-corrected chi connectivity index (χ0v) is 12.7. The molecule has 2 aromatic rings. The number of nitrogens with zero attached hydrogens (tertiary/aromatic N) is 2. The number of pyridine rings is 1. The first kappa shape index (κ1) is 14.6. The van der Waals surface area contributed by atoms with Crippen molar-refractivity contribution < 1.29 is 8.78 Å². The molecule has 3 nitrogen and oxygen atoms in total. The van der Waals surface area contributed by atoms with Crippen LogP contribution in [0, 0.1) is 17.6 Å². The van der Waals surface area contributed by atoms with Gasteiger partial charge in [0.25, 0.3) is 5.56 Å². The maximum atomic E-state index is 13.9. The minimum absolute atomic E-state index is 0.0470. The molecular weight excluding hydrogens is 298 g/mol. The van der Waals surface area contributed by atoms with Crippen LogP contribution in [-0.2, 0) is 13.1 Å². The molecule has 1 aromatic carbocycles. The molecule has 0 unspecified atom stereocenters. The minimum atomic E-state index is -0.489. The van der Waals surface area contributed by atoms with Gasteiger partial charge < -0.3 is 4.57 Å². The second-order valence-electron chi connectivity index (χ2n) is 6.59. The van der Waals surface area contributed by atoms with Gasteiger partial charge in [-0.2, -0.15) is 0 Å². The molecule has 2 aliphatic rings. The van der Waals surface area contributed by atoms with Gasteiger partial charge in [0.05, 0.1) is 0 Å². The summed E-state index contributed by atoms with van der Waals surface area (Å²) in [6, 6.07) is 9.38. The van der Waals surface area contributed by atoms with Gasteiger partial charge in [0, 0.05) is 49.4 Å². The third-order valence-corrected chi connectivity index (χ3v) is 5.00. The topological polar surface area (TPSA) is 25.2 Å². The first-order valence-corrected chi connectivity index (χ1v) is 7.97. The maximum Gasteiger partial charge on any atom is 0.250 e. The monoisotopic (exact) mass is 316 g/mol. The maximum absolute atomic E-state index is 13.9. The first-order valence-electron chi connectivity index (χ1n) is 7.97. The van der Waals surface area contributed by atoms with Crippen LogP contribution in [0.15, 0.2) is 41.2 Å². The van der Waals surface area contributed by atoms with E-state index in [2.05, 4.69) is 4.90 Å². The molecular formula is C18H18F2N2O. The summed E-state index contributed by atoms with van der Waals surface area (Å²) < 4.78 is 29.6. The number of likely N-dealkylation sites (tertiary alicyclic amines) is 1. The number of hydrogen-bond acceptors (Lipinski definition) is 2. The van der Waals surface area contributed by atoms with Crippen LogP contribution in [0.25, 0.3) is 0 Å². The fourth-order valence-electron chi connectivity index (χ4n) is 4.03. The Balaban J connectivity index is 1.60. The van der Waals surface area contributed by atoms with Gasteiger partial charge >= 0.3 is 0 Å². The second kappa shape index (κ2) is 5.57. The summed E-state index contributed by atoms with van der Waals surface area (Å²) in [5.74, 6) is -0.364. The molecule has 0 spiro atoms. The van der Waals surface area contributed by atoms with Gasteiger partial charge in [-0.1, -0.05) is 12.1 Å². The lowest BCUT2D eigenvalue weighted by molar-refractivity contribution is 0.112. The van der Waals surface area contributed by atoms with E-state index in [9.17, 15) is 13.6 Å². The Morgan fingerprint density at radius 1 is 1.00 bits per heavy atom. The molecule has 4 rings (SSSR count). The third kappa shape index (κ3) is 2.59. The van der Waals surface area contributed by atoms with Crippen LogP contribution in [0.1, 0.15) is 23.6 Å². The van der Waals surface area contributed by atoms with E-state index < -0.39 is 11.6 Å². The van der Waals surface area contributed by atoms with Crippen molar-refractivity contribution in [2.24, 2.45) is 5.92 Å². The molecule has 0 radical (unpaired) electrons. The number of hydrogen-bond donors (Lipinski definition) is 0. The molecule has 5 heteroatoms. The lowest BCUT2D eigenvalue weighted by Crippen LogP contribution is -2.46. The van der Waals surface area contributed by atoms with Crippen molar-refractivity contribution >= 4 is 0 Å². The van der Waals surface area contributed by atoms with Gasteiger partial charge in [-0.3, -0.25) is 9.69 Å². The van der Waals surface area contributed by atoms with E-state index >= 15 is 0 Å². The summed E-state index contributed by atoms with van der Waals surface area (Å²) >= 11 is 0.